The Bertz CT molecular complexity index is 1070. The molecule has 4 heterocycles. The van der Waals surface area contributed by atoms with Crippen LogP contribution in [0.15, 0.2) is 48.8 Å². The monoisotopic (exact) mass is 504 g/mol. The van der Waals surface area contributed by atoms with E-state index in [1.165, 1.54) is 25.7 Å². The quantitative estimate of drug-likeness (QED) is 0.553. The second kappa shape index (κ2) is 10.0. The van der Waals surface area contributed by atoms with Gasteiger partial charge in [-0.15, -0.1) is 0 Å². The second-order valence-electron chi connectivity index (χ2n) is 12.4. The zero-order chi connectivity index (χ0) is 25.6. The molecule has 1 aliphatic carbocycles. The van der Waals surface area contributed by atoms with Gasteiger partial charge in [0, 0.05) is 74.2 Å². The van der Waals surface area contributed by atoms with Crippen LogP contribution in [0, 0.1) is 29.5 Å². The van der Waals surface area contributed by atoms with Gasteiger partial charge in [-0.2, -0.15) is 0 Å². The van der Waals surface area contributed by atoms with Gasteiger partial charge in [0.2, 0.25) is 0 Å². The molecule has 0 N–H and O–H groups in total. The van der Waals surface area contributed by atoms with Gasteiger partial charge in [-0.3, -0.25) is 9.78 Å². The van der Waals surface area contributed by atoms with Gasteiger partial charge >= 0.3 is 0 Å². The van der Waals surface area contributed by atoms with Crippen molar-refractivity contribution in [1.29, 1.82) is 0 Å². The van der Waals surface area contributed by atoms with E-state index in [9.17, 15) is 9.18 Å². The normalized spacial score (nSPS) is 29.7. The summed E-state index contributed by atoms with van der Waals surface area (Å²) in [5.41, 5.74) is 1.84. The van der Waals surface area contributed by atoms with E-state index in [1.807, 2.05) is 24.3 Å². The fourth-order valence-electron chi connectivity index (χ4n) is 8.15. The van der Waals surface area contributed by atoms with Crippen molar-refractivity contribution in [3.63, 3.8) is 0 Å². The van der Waals surface area contributed by atoms with E-state index in [1.54, 1.807) is 24.5 Å². The predicted molar refractivity (Wildman–Crippen MR) is 145 cm³/mol. The number of hydrogen-bond donors (Lipinski definition) is 0. The number of likely N-dealkylation sites (tertiary alicyclic amines) is 2. The Hall–Kier alpha value is -2.47. The lowest BCUT2D eigenvalue weighted by molar-refractivity contribution is 0.0611. The molecule has 1 aromatic heterocycles. The Kier molecular flexibility index (Phi) is 6.72. The lowest BCUT2D eigenvalue weighted by atomic mass is 9.73. The highest BCUT2D eigenvalue weighted by molar-refractivity contribution is 5.94. The van der Waals surface area contributed by atoms with Crippen molar-refractivity contribution in [3.05, 3.63) is 60.2 Å². The Balaban J connectivity index is 1.21. The van der Waals surface area contributed by atoms with Gasteiger partial charge in [0.1, 0.15) is 5.82 Å². The minimum Gasteiger partial charge on any atom is -0.365 e. The van der Waals surface area contributed by atoms with Gasteiger partial charge in [-0.25, -0.2) is 4.39 Å². The third-order valence-electron chi connectivity index (χ3n) is 10.3. The summed E-state index contributed by atoms with van der Waals surface area (Å²) < 4.78 is 13.8. The number of carbonyl (C=O) groups excluding carboxylic acids is 1. The Morgan fingerprint density at radius 3 is 2.38 bits per heavy atom. The van der Waals surface area contributed by atoms with Crippen LogP contribution in [0.2, 0.25) is 0 Å². The molecule has 198 valence electrons. The van der Waals surface area contributed by atoms with Crippen LogP contribution in [-0.2, 0) is 0 Å². The summed E-state index contributed by atoms with van der Waals surface area (Å²) in [6.45, 7) is 9.52. The lowest BCUT2D eigenvalue weighted by Gasteiger charge is -2.51. The summed E-state index contributed by atoms with van der Waals surface area (Å²) in [6, 6.07) is 11.5. The van der Waals surface area contributed by atoms with Crippen molar-refractivity contribution in [2.45, 2.75) is 64.0 Å². The third-order valence-corrected chi connectivity index (χ3v) is 10.3. The van der Waals surface area contributed by atoms with Gasteiger partial charge in [0.05, 0.1) is 5.56 Å². The topological polar surface area (TPSA) is 39.7 Å². The standard InChI is InChI=1S/C31H41FN4O/c1-22(2)23-5-9-27(10-6-23)34-16-13-31(14-17-34)29-21-35(30(37)24-4-3-15-33-18-24)19-25(29)20-36(31)28-11-7-26(32)8-12-28/h3-4,7-8,11-12,15,18,22-23,25,27,29H,5-6,9-10,13-14,16-17,19-21H2,1-2H3. The summed E-state index contributed by atoms with van der Waals surface area (Å²) in [4.78, 5) is 24.9. The predicted octanol–water partition coefficient (Wildman–Crippen LogP) is 5.48. The average Bonchev–Trinajstić information content (AvgIpc) is 3.48. The van der Waals surface area contributed by atoms with Crippen LogP contribution in [0.25, 0.3) is 0 Å². The van der Waals surface area contributed by atoms with Crippen LogP contribution < -0.4 is 4.90 Å². The number of rotatable bonds is 4. The van der Waals surface area contributed by atoms with E-state index < -0.39 is 0 Å². The fraction of sp³-hybridized carbons (Fsp3) is 0.613. The van der Waals surface area contributed by atoms with Crippen molar-refractivity contribution >= 4 is 11.6 Å². The zero-order valence-electron chi connectivity index (χ0n) is 22.4. The smallest absolute Gasteiger partial charge is 0.255 e. The van der Waals surface area contributed by atoms with Gasteiger partial charge in [0.25, 0.3) is 5.91 Å². The van der Waals surface area contributed by atoms with Crippen LogP contribution in [0.5, 0.6) is 0 Å². The Labute approximate surface area is 221 Å². The molecule has 2 aromatic rings. The number of pyridine rings is 1. The summed E-state index contributed by atoms with van der Waals surface area (Å²) in [7, 11) is 0. The maximum absolute atomic E-state index is 13.8. The van der Waals surface area contributed by atoms with Crippen LogP contribution in [0.3, 0.4) is 0 Å². The number of aromatic nitrogens is 1. The van der Waals surface area contributed by atoms with E-state index >= 15 is 0 Å². The largest absolute Gasteiger partial charge is 0.365 e. The molecule has 5 nitrogen and oxygen atoms in total. The van der Waals surface area contributed by atoms with Gasteiger partial charge in [-0.05, 0) is 86.8 Å². The summed E-state index contributed by atoms with van der Waals surface area (Å²) in [5.74, 6) is 2.49. The van der Waals surface area contributed by atoms with E-state index in [4.69, 9.17) is 0 Å². The van der Waals surface area contributed by atoms with Crippen molar-refractivity contribution < 1.29 is 9.18 Å². The molecule has 1 saturated carbocycles. The van der Waals surface area contributed by atoms with Crippen LogP contribution >= 0.6 is 0 Å². The summed E-state index contributed by atoms with van der Waals surface area (Å²) in [5, 5.41) is 0. The van der Waals surface area contributed by atoms with E-state index in [0.717, 1.165) is 69.1 Å². The minimum absolute atomic E-state index is 0.0259. The first kappa shape index (κ1) is 24.8. The SMILES string of the molecule is CC(C)C1CCC(N2CCC3(CC2)C2CN(C(=O)c4cccnc4)CC2CN3c2ccc(F)cc2)CC1. The Morgan fingerprint density at radius 1 is 1.00 bits per heavy atom. The molecule has 0 radical (unpaired) electrons. The molecular formula is C31H41FN4O. The average molecular weight is 505 g/mol. The number of benzene rings is 1. The van der Waals surface area contributed by atoms with Crippen molar-refractivity contribution in [2.24, 2.45) is 23.7 Å². The molecular weight excluding hydrogens is 463 g/mol. The molecule has 3 aliphatic heterocycles. The molecule has 37 heavy (non-hydrogen) atoms. The first-order chi connectivity index (χ1) is 17.9. The number of anilines is 1. The Morgan fingerprint density at radius 2 is 1.73 bits per heavy atom. The maximum atomic E-state index is 13.8. The van der Waals surface area contributed by atoms with E-state index in [-0.39, 0.29) is 17.3 Å². The fourth-order valence-corrected chi connectivity index (χ4v) is 8.15. The molecule has 6 rings (SSSR count). The van der Waals surface area contributed by atoms with Gasteiger partial charge < -0.3 is 14.7 Å². The van der Waals surface area contributed by atoms with Crippen molar-refractivity contribution in [1.82, 2.24) is 14.8 Å². The number of halogens is 1. The lowest BCUT2D eigenvalue weighted by Crippen LogP contribution is -2.58. The molecule has 1 aromatic carbocycles. The summed E-state index contributed by atoms with van der Waals surface area (Å²) >= 11 is 0. The third kappa shape index (κ3) is 4.56. The first-order valence-electron chi connectivity index (χ1n) is 14.4. The van der Waals surface area contributed by atoms with Crippen molar-refractivity contribution in [3.8, 4) is 0 Å². The number of amides is 1. The molecule has 0 bridgehead atoms. The molecule has 3 saturated heterocycles. The van der Waals surface area contributed by atoms with Crippen LogP contribution in [0.1, 0.15) is 62.7 Å². The maximum Gasteiger partial charge on any atom is 0.255 e. The van der Waals surface area contributed by atoms with Crippen molar-refractivity contribution in [2.75, 3.05) is 37.6 Å². The number of nitrogens with zero attached hydrogens (tertiary/aromatic N) is 4. The van der Waals surface area contributed by atoms with E-state index in [2.05, 4.69) is 33.5 Å². The summed E-state index contributed by atoms with van der Waals surface area (Å²) in [6.07, 6.45) is 11.0. The highest BCUT2D eigenvalue weighted by Crippen LogP contribution is 2.51. The number of carbonyl (C=O) groups is 1. The second-order valence-corrected chi connectivity index (χ2v) is 12.4. The number of piperidine rings is 1. The molecule has 2 unspecified atom stereocenters. The highest BCUT2D eigenvalue weighted by atomic mass is 19.1. The van der Waals surface area contributed by atoms with Gasteiger partial charge in [-0.1, -0.05) is 13.8 Å². The zero-order valence-corrected chi connectivity index (χ0v) is 22.4. The van der Waals surface area contributed by atoms with Crippen LogP contribution in [0.4, 0.5) is 10.1 Å². The minimum atomic E-state index is -0.183. The van der Waals surface area contributed by atoms with E-state index in [0.29, 0.717) is 17.4 Å². The first-order valence-corrected chi connectivity index (χ1v) is 14.4. The molecule has 1 amide bonds. The molecule has 1 spiro atoms. The van der Waals surface area contributed by atoms with Crippen LogP contribution in [-0.4, -0.2) is 65.0 Å². The number of hydrogen-bond acceptors (Lipinski definition) is 4. The van der Waals surface area contributed by atoms with Gasteiger partial charge in [0.15, 0.2) is 0 Å². The molecule has 4 fully saturated rings. The highest BCUT2D eigenvalue weighted by Gasteiger charge is 2.58. The molecule has 6 heteroatoms. The molecule has 2 atom stereocenters. The molecule has 4 aliphatic rings. The number of fused-ring (bicyclic) bond motifs is 2.